The number of methoxy groups -OCH3 is 1. The third-order valence-corrected chi connectivity index (χ3v) is 14.8. The highest BCUT2D eigenvalue weighted by Gasteiger charge is 2.65. The second kappa shape index (κ2) is 17.6. The summed E-state index contributed by atoms with van der Waals surface area (Å²) < 4.78 is 64.5. The number of carbonyl (C=O) groups is 5. The Morgan fingerprint density at radius 2 is 1.72 bits per heavy atom. The molecule has 0 radical (unpaired) electrons. The lowest BCUT2D eigenvalue weighted by Crippen LogP contribution is -2.52. The molecular weight excluding hydrogens is 920 g/mol. The molecule has 0 saturated carbocycles. The minimum absolute atomic E-state index is 0.141. The van der Waals surface area contributed by atoms with Crippen molar-refractivity contribution in [2.75, 3.05) is 69.0 Å². The van der Waals surface area contributed by atoms with Gasteiger partial charge in [0, 0.05) is 104 Å². The first kappa shape index (κ1) is 47.8. The molecule has 1 spiro atoms. The third-order valence-electron chi connectivity index (χ3n) is 14.5. The SMILES string of the molecule is COc1cc(C(=O)N2CCN(c3ccc4c(c3)CN(C3CCC(=O)NC3=O)C4=O)CC2)ccc1NC(=O)[C@H]1[C@H](c2cccc(Cl)c2F)[C@]2(CN(C)c3cc(C(F)(F)F)ncc32)[C@H](CC(C)(C)C)N1C. The van der Waals surface area contributed by atoms with Gasteiger partial charge < -0.3 is 29.7 Å². The average Bonchev–Trinajstić information content (AvgIpc) is 3.87. The average molecular weight is 973 g/mol. The molecule has 6 heterocycles. The first-order chi connectivity index (χ1) is 32.6. The predicted octanol–water partition coefficient (Wildman–Crippen LogP) is 6.85. The quantitative estimate of drug-likeness (QED) is 0.142. The van der Waals surface area contributed by atoms with Gasteiger partial charge in [-0.25, -0.2) is 4.39 Å². The molecule has 3 fully saturated rings. The highest BCUT2D eigenvalue weighted by molar-refractivity contribution is 6.30. The van der Waals surface area contributed by atoms with Crippen molar-refractivity contribution in [3.05, 3.63) is 111 Å². The van der Waals surface area contributed by atoms with Crippen molar-refractivity contribution in [2.45, 2.75) is 82.2 Å². The van der Waals surface area contributed by atoms with Crippen LogP contribution in [0.1, 0.15) is 89.1 Å². The fourth-order valence-corrected chi connectivity index (χ4v) is 11.5. The van der Waals surface area contributed by atoms with Crippen molar-refractivity contribution in [1.82, 2.24) is 25.0 Å². The van der Waals surface area contributed by atoms with E-state index in [4.69, 9.17) is 16.3 Å². The number of hydrogen-bond acceptors (Lipinski definition) is 10. The summed E-state index contributed by atoms with van der Waals surface area (Å²) in [4.78, 5) is 79.4. The van der Waals surface area contributed by atoms with Gasteiger partial charge in [0.05, 0.1) is 23.9 Å². The van der Waals surface area contributed by atoms with Gasteiger partial charge >= 0.3 is 6.18 Å². The molecular formula is C50H53ClF4N8O6. The minimum atomic E-state index is -4.71. The maximum Gasteiger partial charge on any atom is 0.433 e. The van der Waals surface area contributed by atoms with Crippen molar-refractivity contribution in [3.8, 4) is 5.75 Å². The highest BCUT2D eigenvalue weighted by Crippen LogP contribution is 2.60. The van der Waals surface area contributed by atoms with Crippen LogP contribution in [-0.4, -0.2) is 121 Å². The largest absolute Gasteiger partial charge is 0.495 e. The van der Waals surface area contributed by atoms with Crippen LogP contribution in [0.2, 0.25) is 5.02 Å². The number of carbonyl (C=O) groups excluding carboxylic acids is 5. The van der Waals surface area contributed by atoms with Crippen LogP contribution in [0.25, 0.3) is 0 Å². The van der Waals surface area contributed by atoms with Gasteiger partial charge in [0.2, 0.25) is 17.7 Å². The number of likely N-dealkylation sites (N-methyl/N-ethyl adjacent to an activating group) is 2. The predicted molar refractivity (Wildman–Crippen MR) is 250 cm³/mol. The number of rotatable bonds is 8. The number of piperidine rings is 1. The first-order valence-electron chi connectivity index (χ1n) is 22.9. The normalized spacial score (nSPS) is 24.0. The molecule has 14 nitrogen and oxygen atoms in total. The summed E-state index contributed by atoms with van der Waals surface area (Å²) in [6, 6.07) is 13.6. The lowest BCUT2D eigenvalue weighted by molar-refractivity contribution is -0.141. The fourth-order valence-electron chi connectivity index (χ4n) is 11.4. The van der Waals surface area contributed by atoms with Crippen LogP contribution in [-0.2, 0) is 32.5 Å². The van der Waals surface area contributed by atoms with E-state index in [1.54, 1.807) is 60.3 Å². The number of hydrogen-bond donors (Lipinski definition) is 2. The molecule has 0 aliphatic carbocycles. The summed E-state index contributed by atoms with van der Waals surface area (Å²) in [6.45, 7) is 8.29. The number of fused-ring (bicyclic) bond motifs is 3. The molecule has 364 valence electrons. The van der Waals surface area contributed by atoms with Gasteiger partial charge in [-0.05, 0) is 85.0 Å². The number of piperazine rings is 1. The van der Waals surface area contributed by atoms with E-state index in [0.717, 1.165) is 17.3 Å². The van der Waals surface area contributed by atoms with E-state index < -0.39 is 59.0 Å². The Balaban J connectivity index is 0.951. The lowest BCUT2D eigenvalue weighted by Gasteiger charge is -2.41. The number of aromatic nitrogens is 1. The van der Waals surface area contributed by atoms with Gasteiger partial charge in [-0.15, -0.1) is 0 Å². The standard InChI is InChI=1S/C50H53ClF4N8O6/c1-48(2,3)23-39-49(26-59(4)36-22-38(50(53,54)55)56-24-32(36)49)41(31-8-7-9-33(51)42(31)52)43(60(39)5)45(66)57-34-13-10-27(21-37(34)69-6)46(67)62-18-16-61(17-19-62)29-11-12-30-28(20-29)25-63(47(30)68)35-14-15-40(64)58-44(35)65/h7-13,20-22,24,35,39,41,43H,14-19,23,25-26H2,1-6H3,(H,57,66)(H,58,64,65)/t35?,39-,41-,43+,49-/m0/s1. The Bertz CT molecular complexity index is 2780. The number of alkyl halides is 3. The molecule has 5 amide bonds. The van der Waals surface area contributed by atoms with E-state index in [2.05, 4.69) is 20.5 Å². The zero-order valence-corrected chi connectivity index (χ0v) is 39.8. The van der Waals surface area contributed by atoms with E-state index in [1.165, 1.54) is 24.3 Å². The maximum absolute atomic E-state index is 16.5. The molecule has 69 heavy (non-hydrogen) atoms. The second-order valence-corrected chi connectivity index (χ2v) is 20.3. The molecule has 3 aromatic carbocycles. The Hall–Kier alpha value is -6.27. The van der Waals surface area contributed by atoms with Gasteiger partial charge in [0.25, 0.3) is 11.8 Å². The summed E-state index contributed by atoms with van der Waals surface area (Å²) in [5.41, 5.74) is 1.11. The van der Waals surface area contributed by atoms with Crippen molar-refractivity contribution >= 4 is 58.2 Å². The summed E-state index contributed by atoms with van der Waals surface area (Å²) in [7, 11) is 4.88. The highest BCUT2D eigenvalue weighted by atomic mass is 35.5. The van der Waals surface area contributed by atoms with Crippen LogP contribution >= 0.6 is 11.6 Å². The summed E-state index contributed by atoms with van der Waals surface area (Å²) in [5, 5.41) is 5.17. The second-order valence-electron chi connectivity index (χ2n) is 19.9. The van der Waals surface area contributed by atoms with Crippen molar-refractivity contribution in [3.63, 3.8) is 0 Å². The van der Waals surface area contributed by atoms with Crippen LogP contribution in [0.15, 0.2) is 66.9 Å². The van der Waals surface area contributed by atoms with Crippen LogP contribution < -0.4 is 25.2 Å². The van der Waals surface area contributed by atoms with E-state index in [9.17, 15) is 32.3 Å². The smallest absolute Gasteiger partial charge is 0.433 e. The van der Waals surface area contributed by atoms with Crippen LogP contribution in [0.5, 0.6) is 5.75 Å². The topological polar surface area (TPSA) is 148 Å². The Morgan fingerprint density at radius 1 is 0.986 bits per heavy atom. The maximum atomic E-state index is 16.5. The van der Waals surface area contributed by atoms with Gasteiger partial charge in [-0.3, -0.25) is 39.2 Å². The number of ether oxygens (including phenoxy) is 1. The van der Waals surface area contributed by atoms with Crippen molar-refractivity contribution < 1.29 is 46.3 Å². The zero-order valence-electron chi connectivity index (χ0n) is 39.0. The molecule has 3 saturated heterocycles. The molecule has 1 unspecified atom stereocenters. The molecule has 5 aliphatic rings. The van der Waals surface area contributed by atoms with Crippen LogP contribution in [0.4, 0.5) is 34.6 Å². The molecule has 5 atom stereocenters. The Morgan fingerprint density at radius 3 is 2.41 bits per heavy atom. The molecule has 4 aromatic rings. The van der Waals surface area contributed by atoms with Crippen molar-refractivity contribution in [2.24, 2.45) is 5.41 Å². The minimum Gasteiger partial charge on any atom is -0.495 e. The Kier molecular flexibility index (Phi) is 12.2. The molecule has 9 rings (SSSR count). The van der Waals surface area contributed by atoms with E-state index in [-0.39, 0.29) is 71.1 Å². The first-order valence-corrected chi connectivity index (χ1v) is 23.2. The van der Waals surface area contributed by atoms with E-state index >= 15 is 9.18 Å². The number of imide groups is 1. The lowest BCUT2D eigenvalue weighted by atomic mass is 9.63. The van der Waals surface area contributed by atoms with Crippen LogP contribution in [0.3, 0.4) is 0 Å². The van der Waals surface area contributed by atoms with Crippen molar-refractivity contribution in [1.29, 1.82) is 0 Å². The molecule has 2 N–H and O–H groups in total. The number of halogens is 5. The number of anilines is 3. The van der Waals surface area contributed by atoms with Gasteiger partial charge in [-0.2, -0.15) is 13.2 Å². The number of likely N-dealkylation sites (tertiary alicyclic amines) is 1. The number of amides is 5. The van der Waals surface area contributed by atoms with Gasteiger partial charge in [0.1, 0.15) is 23.3 Å². The summed E-state index contributed by atoms with van der Waals surface area (Å²) in [5.74, 6) is -3.34. The molecule has 1 aromatic heterocycles. The summed E-state index contributed by atoms with van der Waals surface area (Å²) in [6.07, 6.45) is -2.56. The third kappa shape index (κ3) is 8.42. The molecule has 0 bridgehead atoms. The van der Waals surface area contributed by atoms with E-state index in [0.29, 0.717) is 55.0 Å². The summed E-state index contributed by atoms with van der Waals surface area (Å²) >= 11 is 6.44. The Labute approximate surface area is 401 Å². The van der Waals surface area contributed by atoms with E-state index in [1.807, 2.05) is 37.8 Å². The monoisotopic (exact) mass is 972 g/mol. The fraction of sp³-hybridized carbons (Fsp3) is 0.440. The number of nitrogens with zero attached hydrogens (tertiary/aromatic N) is 6. The molecule has 19 heteroatoms. The zero-order chi connectivity index (χ0) is 49.5. The van der Waals surface area contributed by atoms with Gasteiger partial charge in [0.15, 0.2) is 0 Å². The number of nitrogens with one attached hydrogen (secondary N) is 2. The molecule has 5 aliphatic heterocycles. The van der Waals surface area contributed by atoms with Crippen LogP contribution in [0, 0.1) is 11.2 Å². The number of benzene rings is 3. The number of pyridine rings is 1. The van der Waals surface area contributed by atoms with Gasteiger partial charge in [-0.1, -0.05) is 44.5 Å².